The lowest BCUT2D eigenvalue weighted by Gasteiger charge is -2.34. The number of carbonyl (C=O) groups excluding carboxylic acids is 3. The quantitative estimate of drug-likeness (QED) is 0.736. The summed E-state index contributed by atoms with van der Waals surface area (Å²) in [4.78, 5) is 43.5. The van der Waals surface area contributed by atoms with E-state index in [-0.39, 0.29) is 30.4 Å². The molecule has 0 atom stereocenters. The number of piperazine rings is 1. The van der Waals surface area contributed by atoms with Crippen LogP contribution in [0.25, 0.3) is 0 Å². The molecule has 7 heteroatoms. The molecule has 5 nitrogen and oxygen atoms in total. The van der Waals surface area contributed by atoms with Crippen LogP contribution in [-0.4, -0.2) is 53.6 Å². The van der Waals surface area contributed by atoms with E-state index in [0.29, 0.717) is 26.2 Å². The van der Waals surface area contributed by atoms with Crippen molar-refractivity contribution in [1.29, 1.82) is 0 Å². The normalized spacial score (nSPS) is 14.5. The average molecular weight is 391 g/mol. The molecule has 0 unspecified atom stereocenters. The monoisotopic (exact) mass is 390 g/mol. The fraction of sp³-hybridized carbons (Fsp3) is 0.421. The molecule has 3 rings (SSSR count). The van der Waals surface area contributed by atoms with E-state index in [1.54, 1.807) is 21.1 Å². The molecule has 0 saturated carbocycles. The van der Waals surface area contributed by atoms with Gasteiger partial charge in [-0.2, -0.15) is 0 Å². The summed E-state index contributed by atoms with van der Waals surface area (Å²) < 4.78 is 0. The summed E-state index contributed by atoms with van der Waals surface area (Å²) in [6, 6.07) is 5.59. The molecule has 138 valence electrons. The van der Waals surface area contributed by atoms with Crippen LogP contribution in [0.3, 0.4) is 0 Å². The molecule has 0 spiro atoms. The van der Waals surface area contributed by atoms with Gasteiger partial charge in [0.1, 0.15) is 0 Å². The summed E-state index contributed by atoms with van der Waals surface area (Å²) in [5, 5.41) is 1.89. The maximum absolute atomic E-state index is 12.4. The first-order chi connectivity index (χ1) is 12.5. The van der Waals surface area contributed by atoms with Crippen LogP contribution >= 0.6 is 22.7 Å². The number of thiophene rings is 2. The third-order valence-corrected chi connectivity index (χ3v) is 6.38. The van der Waals surface area contributed by atoms with Crippen molar-refractivity contribution in [1.82, 2.24) is 9.80 Å². The van der Waals surface area contributed by atoms with Gasteiger partial charge in [0, 0.05) is 54.3 Å². The van der Waals surface area contributed by atoms with Gasteiger partial charge in [0.2, 0.25) is 5.91 Å². The molecule has 2 amide bonds. The fourth-order valence-corrected chi connectivity index (χ4v) is 4.77. The van der Waals surface area contributed by atoms with Crippen molar-refractivity contribution >= 4 is 40.3 Å². The lowest BCUT2D eigenvalue weighted by molar-refractivity contribution is -0.132. The number of ketones is 1. The minimum atomic E-state index is -0.00817. The van der Waals surface area contributed by atoms with Crippen LogP contribution in [0.1, 0.15) is 42.6 Å². The molecule has 1 saturated heterocycles. The minimum Gasteiger partial charge on any atom is -0.339 e. The molecule has 3 heterocycles. The molecule has 2 aromatic rings. The molecule has 1 aliphatic heterocycles. The highest BCUT2D eigenvalue weighted by molar-refractivity contribution is 7.12. The zero-order valence-corrected chi connectivity index (χ0v) is 16.6. The van der Waals surface area contributed by atoms with E-state index in [9.17, 15) is 14.4 Å². The van der Waals surface area contributed by atoms with Crippen molar-refractivity contribution in [3.05, 3.63) is 43.8 Å². The maximum atomic E-state index is 12.4. The van der Waals surface area contributed by atoms with Crippen molar-refractivity contribution in [3.63, 3.8) is 0 Å². The van der Waals surface area contributed by atoms with E-state index in [4.69, 9.17) is 0 Å². The largest absolute Gasteiger partial charge is 0.339 e. The lowest BCUT2D eigenvalue weighted by Crippen LogP contribution is -2.50. The van der Waals surface area contributed by atoms with Gasteiger partial charge in [-0.15, -0.1) is 22.7 Å². The summed E-state index contributed by atoms with van der Waals surface area (Å²) >= 11 is 3.04. The van der Waals surface area contributed by atoms with Crippen molar-refractivity contribution < 1.29 is 14.4 Å². The Labute approximate surface area is 161 Å². The number of nitrogens with zero attached hydrogens (tertiary/aromatic N) is 2. The summed E-state index contributed by atoms with van der Waals surface area (Å²) in [6.07, 6.45) is 0.468. The van der Waals surface area contributed by atoms with Gasteiger partial charge < -0.3 is 9.80 Å². The molecule has 0 aliphatic carbocycles. The van der Waals surface area contributed by atoms with Gasteiger partial charge in [-0.25, -0.2) is 0 Å². The number of carbonyl (C=O) groups is 3. The maximum Gasteiger partial charge on any atom is 0.264 e. The van der Waals surface area contributed by atoms with Gasteiger partial charge in [-0.3, -0.25) is 14.4 Å². The summed E-state index contributed by atoms with van der Waals surface area (Å²) in [5.41, 5.74) is 0.742. The van der Waals surface area contributed by atoms with Crippen LogP contribution in [0.5, 0.6) is 0 Å². The molecular formula is C19H22N2O3S2. The number of rotatable bonds is 5. The molecular weight excluding hydrogens is 368 g/mol. The smallest absolute Gasteiger partial charge is 0.264 e. The average Bonchev–Trinajstić information content (AvgIpc) is 3.28. The van der Waals surface area contributed by atoms with Crippen LogP contribution in [0.15, 0.2) is 23.6 Å². The van der Waals surface area contributed by atoms with Gasteiger partial charge in [0.15, 0.2) is 5.78 Å². The lowest BCUT2D eigenvalue weighted by atomic mass is 10.1. The zero-order valence-electron chi connectivity index (χ0n) is 15.0. The Morgan fingerprint density at radius 3 is 2.31 bits per heavy atom. The Morgan fingerprint density at radius 2 is 1.73 bits per heavy atom. The highest BCUT2D eigenvalue weighted by Crippen LogP contribution is 2.22. The van der Waals surface area contributed by atoms with Crippen molar-refractivity contribution in [3.8, 4) is 0 Å². The van der Waals surface area contributed by atoms with Crippen molar-refractivity contribution in [2.75, 3.05) is 26.2 Å². The Bertz CT molecular complexity index is 803. The highest BCUT2D eigenvalue weighted by Gasteiger charge is 2.25. The molecule has 1 fully saturated rings. The Kier molecular flexibility index (Phi) is 5.88. The third-order valence-electron chi connectivity index (χ3n) is 4.56. The minimum absolute atomic E-state index is 0.00817. The number of amides is 2. The zero-order chi connectivity index (χ0) is 18.7. The van der Waals surface area contributed by atoms with Crippen molar-refractivity contribution in [2.45, 2.75) is 26.7 Å². The van der Waals surface area contributed by atoms with Gasteiger partial charge >= 0.3 is 0 Å². The Morgan fingerprint density at radius 1 is 1.04 bits per heavy atom. The highest BCUT2D eigenvalue weighted by atomic mass is 32.1. The van der Waals surface area contributed by atoms with E-state index < -0.39 is 0 Å². The van der Waals surface area contributed by atoms with E-state index >= 15 is 0 Å². The van der Waals surface area contributed by atoms with E-state index in [1.165, 1.54) is 11.3 Å². The second kappa shape index (κ2) is 8.14. The summed E-state index contributed by atoms with van der Waals surface area (Å²) in [5.74, 6) is 0.0588. The van der Waals surface area contributed by atoms with Crippen molar-refractivity contribution in [2.24, 2.45) is 0 Å². The predicted octanol–water partition coefficient (Wildman–Crippen LogP) is 3.37. The Hall–Kier alpha value is -1.99. The number of aryl methyl sites for hydroxylation is 2. The molecule has 26 heavy (non-hydrogen) atoms. The first-order valence-corrected chi connectivity index (χ1v) is 10.4. The second-order valence-corrected chi connectivity index (χ2v) is 8.81. The van der Waals surface area contributed by atoms with Crippen LogP contribution in [-0.2, 0) is 4.79 Å². The third kappa shape index (κ3) is 4.22. The predicted molar refractivity (Wildman–Crippen MR) is 104 cm³/mol. The first-order valence-electron chi connectivity index (χ1n) is 8.66. The van der Waals surface area contributed by atoms with Crippen LogP contribution in [0, 0.1) is 13.8 Å². The molecule has 2 aromatic heterocycles. The van der Waals surface area contributed by atoms with Crippen LogP contribution in [0.2, 0.25) is 0 Å². The Balaban J connectivity index is 1.47. The van der Waals surface area contributed by atoms with E-state index in [0.717, 1.165) is 20.2 Å². The van der Waals surface area contributed by atoms with Crippen LogP contribution in [0.4, 0.5) is 0 Å². The first kappa shape index (κ1) is 18.8. The molecule has 0 radical (unpaired) electrons. The molecule has 0 N–H and O–H groups in total. The topological polar surface area (TPSA) is 57.7 Å². The molecule has 0 aromatic carbocycles. The van der Waals surface area contributed by atoms with E-state index in [2.05, 4.69) is 0 Å². The number of Topliss-reactive ketones (excluding diaryl/α,β-unsaturated/α-hetero) is 1. The van der Waals surface area contributed by atoms with Gasteiger partial charge in [-0.1, -0.05) is 6.07 Å². The van der Waals surface area contributed by atoms with Gasteiger partial charge in [0.05, 0.1) is 4.88 Å². The standard InChI is InChI=1S/C19H22N2O3S2/c1-13-12-15(14(2)26-13)16(22)5-6-18(23)20-7-9-21(10-8-20)19(24)17-4-3-11-25-17/h3-4,11-12H,5-10H2,1-2H3. The SMILES string of the molecule is Cc1cc(C(=O)CCC(=O)N2CCN(C(=O)c3cccs3)CC2)c(C)s1. The van der Waals surface area contributed by atoms with Gasteiger partial charge in [0.25, 0.3) is 5.91 Å². The summed E-state index contributed by atoms with van der Waals surface area (Å²) in [6.45, 7) is 6.06. The fourth-order valence-electron chi connectivity index (χ4n) is 3.14. The molecule has 0 bridgehead atoms. The number of hydrogen-bond donors (Lipinski definition) is 0. The van der Waals surface area contributed by atoms with E-state index in [1.807, 2.05) is 37.4 Å². The number of hydrogen-bond acceptors (Lipinski definition) is 5. The summed E-state index contributed by atoms with van der Waals surface area (Å²) in [7, 11) is 0. The molecule has 1 aliphatic rings. The van der Waals surface area contributed by atoms with Crippen LogP contribution < -0.4 is 0 Å². The van der Waals surface area contributed by atoms with Gasteiger partial charge in [-0.05, 0) is 31.4 Å². The second-order valence-electron chi connectivity index (χ2n) is 6.40.